The van der Waals surface area contributed by atoms with E-state index in [0.29, 0.717) is 5.56 Å². The van der Waals surface area contributed by atoms with E-state index < -0.39 is 111 Å². The fourth-order valence-corrected chi connectivity index (χ4v) is 12.3. The van der Waals surface area contributed by atoms with Crippen LogP contribution in [-0.4, -0.2) is 94.3 Å². The van der Waals surface area contributed by atoms with E-state index in [0.717, 1.165) is 28.5 Å². The third kappa shape index (κ3) is 8.42. The molecule has 7 rings (SSSR count). The molecule has 10 atom stereocenters. The molecule has 1 heterocycles. The number of rotatable bonds is 12. The van der Waals surface area contributed by atoms with Crippen molar-refractivity contribution in [2.75, 3.05) is 12.9 Å². The highest BCUT2D eigenvalue weighted by molar-refractivity contribution is 8.82. The minimum atomic E-state index is -2.07. The Morgan fingerprint density at radius 3 is 1.98 bits per heavy atom. The van der Waals surface area contributed by atoms with Gasteiger partial charge in [0.25, 0.3) is 5.91 Å². The summed E-state index contributed by atoms with van der Waals surface area (Å²) in [5.41, 5.74) is -5.64. The topological polar surface area (TPSA) is 198 Å². The molecular weight excluding hydrogens is 875 g/mol. The monoisotopic (exact) mass is 927 g/mol. The van der Waals surface area contributed by atoms with Gasteiger partial charge < -0.3 is 34.1 Å². The van der Waals surface area contributed by atoms with Gasteiger partial charge in [0.1, 0.15) is 17.8 Å². The van der Waals surface area contributed by atoms with E-state index >= 15 is 9.59 Å². The number of carbonyl (C=O) groups excluding carboxylic acids is 7. The summed E-state index contributed by atoms with van der Waals surface area (Å²) < 4.78 is 31.5. The Morgan fingerprint density at radius 2 is 1.43 bits per heavy atom. The summed E-state index contributed by atoms with van der Waals surface area (Å²) in [6.07, 6.45) is -4.25. The lowest BCUT2D eigenvalue weighted by Crippen LogP contribution is -2.78. The first-order chi connectivity index (χ1) is 30.8. The Morgan fingerprint density at radius 1 is 0.831 bits per heavy atom. The number of hydrogen-bond acceptors (Lipinski definition) is 15. The predicted octanol–water partition coefficient (Wildman–Crippen LogP) is 6.56. The molecule has 4 aliphatic rings. The normalized spacial score (nSPS) is 29.7. The smallest absolute Gasteiger partial charge is 0.338 e. The van der Waals surface area contributed by atoms with Gasteiger partial charge in [-0.25, -0.2) is 9.59 Å². The van der Waals surface area contributed by atoms with Gasteiger partial charge in [-0.05, 0) is 77.8 Å². The molecule has 3 fully saturated rings. The van der Waals surface area contributed by atoms with Crippen molar-refractivity contribution in [3.8, 4) is 0 Å². The molecule has 14 nitrogen and oxygen atoms in total. The first-order valence-electron chi connectivity index (χ1n) is 21.4. The number of ether oxygens (including phenoxy) is 5. The van der Waals surface area contributed by atoms with E-state index in [4.69, 9.17) is 23.7 Å². The highest BCUT2D eigenvalue weighted by Gasteiger charge is 2.77. The lowest BCUT2D eigenvalue weighted by molar-refractivity contribution is -0.321. The fraction of sp³-hybridized carbons (Fsp3) is 0.449. The van der Waals surface area contributed by atoms with Gasteiger partial charge in [0.2, 0.25) is 5.12 Å². The van der Waals surface area contributed by atoms with Crippen LogP contribution in [0.25, 0.3) is 0 Å². The number of aliphatic hydroxyl groups is 1. The zero-order valence-electron chi connectivity index (χ0n) is 37.2. The summed E-state index contributed by atoms with van der Waals surface area (Å²) in [7, 11) is 1.99. The van der Waals surface area contributed by atoms with Crippen LogP contribution in [0.2, 0.25) is 0 Å². The first-order valence-corrected chi connectivity index (χ1v) is 23.9. The molecule has 344 valence electrons. The summed E-state index contributed by atoms with van der Waals surface area (Å²) in [5.74, 6) is -7.45. The molecule has 0 aromatic heterocycles. The second kappa shape index (κ2) is 18.5. The summed E-state index contributed by atoms with van der Waals surface area (Å²) in [6.45, 7) is 8.83. The molecular formula is C49H53NO13S2. The second-order valence-electron chi connectivity index (χ2n) is 17.9. The zero-order valence-corrected chi connectivity index (χ0v) is 38.8. The molecule has 2 bridgehead atoms. The predicted molar refractivity (Wildman–Crippen MR) is 240 cm³/mol. The largest absolute Gasteiger partial charge is 0.456 e. The van der Waals surface area contributed by atoms with Crippen LogP contribution < -0.4 is 5.32 Å². The van der Waals surface area contributed by atoms with E-state index in [1.165, 1.54) is 6.92 Å². The molecule has 0 unspecified atom stereocenters. The standard InChI is InChI=1S/C49H53NO13S2/c1-27-33(61-44(57)38(53)37(30-17-11-8-12-18-30)50-42(55)31-19-13-9-14-20-31)25-49(63-43(56)32-21-15-10-16-22-32)36(45(58)65-64-7)40-47(6,24-23-34-48(40,26-59-34)62-29(3)52)41(54)39(60-28(2)51)35(27)46(49,4)5/h8-22,33-34,36-40,53H,23-26H2,1-7H3,(H,50,55)/t33-,34+,36+,37-,38+,39+,40-,47+,48-,49+/m0/s1. The molecule has 0 spiro atoms. The highest BCUT2D eigenvalue weighted by atomic mass is 33.1. The summed E-state index contributed by atoms with van der Waals surface area (Å²) in [5, 5.41) is 14.2. The molecule has 65 heavy (non-hydrogen) atoms. The maximum Gasteiger partial charge on any atom is 0.338 e. The number of aliphatic hydroxyl groups excluding tert-OH is 1. The van der Waals surface area contributed by atoms with Gasteiger partial charge in [-0.1, -0.05) is 98.3 Å². The number of carbonyl (C=O) groups is 7. The van der Waals surface area contributed by atoms with Crippen LogP contribution in [0, 0.1) is 22.7 Å². The molecule has 3 aromatic carbocycles. The van der Waals surface area contributed by atoms with Gasteiger partial charge in [-0.15, -0.1) is 0 Å². The fourth-order valence-electron chi connectivity index (χ4n) is 10.9. The Kier molecular flexibility index (Phi) is 13.6. The third-order valence-electron chi connectivity index (χ3n) is 13.8. The molecule has 0 radical (unpaired) electrons. The van der Waals surface area contributed by atoms with Gasteiger partial charge in [-0.2, -0.15) is 0 Å². The minimum absolute atomic E-state index is 0.116. The van der Waals surface area contributed by atoms with Gasteiger partial charge in [0.15, 0.2) is 23.6 Å². The lowest BCUT2D eigenvalue weighted by Gasteiger charge is -2.67. The molecule has 3 aromatic rings. The Labute approximate surface area is 385 Å². The number of ketones is 1. The van der Waals surface area contributed by atoms with Crippen LogP contribution in [0.3, 0.4) is 0 Å². The van der Waals surface area contributed by atoms with Crippen molar-refractivity contribution in [2.45, 2.75) is 102 Å². The van der Waals surface area contributed by atoms with Gasteiger partial charge in [0.05, 0.1) is 24.1 Å². The molecule has 1 amide bonds. The van der Waals surface area contributed by atoms with Gasteiger partial charge in [-0.3, -0.25) is 24.0 Å². The van der Waals surface area contributed by atoms with Crippen LogP contribution in [0.15, 0.2) is 102 Å². The van der Waals surface area contributed by atoms with Crippen LogP contribution in [0.1, 0.15) is 93.1 Å². The van der Waals surface area contributed by atoms with E-state index in [2.05, 4.69) is 5.32 Å². The number of benzene rings is 3. The van der Waals surface area contributed by atoms with Crippen molar-refractivity contribution in [3.05, 3.63) is 119 Å². The number of esters is 4. The Balaban J connectivity index is 1.45. The molecule has 3 aliphatic carbocycles. The summed E-state index contributed by atoms with van der Waals surface area (Å²) >= 11 is 0. The quantitative estimate of drug-likeness (QED) is 0.0857. The average Bonchev–Trinajstić information content (AvgIpc) is 3.27. The summed E-state index contributed by atoms with van der Waals surface area (Å²) in [4.78, 5) is 100. The maximum atomic E-state index is 15.7. The number of amides is 1. The maximum absolute atomic E-state index is 15.7. The van der Waals surface area contributed by atoms with Crippen LogP contribution in [-0.2, 0) is 47.7 Å². The van der Waals surface area contributed by atoms with E-state index in [1.54, 1.807) is 125 Å². The summed E-state index contributed by atoms with van der Waals surface area (Å²) in [6, 6.07) is 23.4. The van der Waals surface area contributed by atoms with Gasteiger partial charge >= 0.3 is 23.9 Å². The Bertz CT molecular complexity index is 2390. The lowest BCUT2D eigenvalue weighted by atomic mass is 9.43. The van der Waals surface area contributed by atoms with Crippen molar-refractivity contribution in [3.63, 3.8) is 0 Å². The zero-order chi connectivity index (χ0) is 47.1. The molecule has 1 aliphatic heterocycles. The van der Waals surface area contributed by atoms with E-state index in [1.807, 2.05) is 0 Å². The highest BCUT2D eigenvalue weighted by Crippen LogP contribution is 2.67. The second-order valence-corrected chi connectivity index (χ2v) is 20.3. The number of fused-ring (bicyclic) bond motifs is 5. The van der Waals surface area contributed by atoms with Crippen molar-refractivity contribution < 1.29 is 62.4 Å². The number of hydrogen-bond donors (Lipinski definition) is 2. The minimum Gasteiger partial charge on any atom is -0.456 e. The van der Waals surface area contributed by atoms with Crippen LogP contribution >= 0.6 is 21.6 Å². The van der Waals surface area contributed by atoms with E-state index in [-0.39, 0.29) is 41.7 Å². The molecule has 2 N–H and O–H groups in total. The van der Waals surface area contributed by atoms with Crippen LogP contribution in [0.5, 0.6) is 0 Å². The molecule has 16 heteroatoms. The number of Topliss-reactive ketones (excluding diaryl/α,β-unsaturated/α-hetero) is 1. The van der Waals surface area contributed by atoms with Crippen molar-refractivity contribution in [1.82, 2.24) is 5.32 Å². The Hall–Kier alpha value is -5.29. The average molecular weight is 928 g/mol. The van der Waals surface area contributed by atoms with E-state index in [9.17, 15) is 29.1 Å². The van der Waals surface area contributed by atoms with Gasteiger partial charge in [0, 0.05) is 42.6 Å². The van der Waals surface area contributed by atoms with Crippen molar-refractivity contribution >= 4 is 62.3 Å². The third-order valence-corrected chi connectivity index (χ3v) is 15.4. The number of nitrogens with one attached hydrogen (secondary N) is 1. The SMILES string of the molecule is CSSC(=O)[C@H]1[C@@H]2[C@]3(OC(C)=O)CO[C@@H]3CC[C@@]2(C)C(=O)[C@H](OC(C)=O)C2=C(C)[C@@H](OC(=O)[C@H](O)[C@@H](NC(=O)c3ccccc3)c3ccccc3)C[C@]1(OC(=O)c1ccccc1)C2(C)C. The van der Waals surface area contributed by atoms with Crippen LogP contribution in [0.4, 0.5) is 0 Å². The molecule has 2 saturated carbocycles. The van der Waals surface area contributed by atoms with Crippen molar-refractivity contribution in [1.29, 1.82) is 0 Å². The first kappa shape index (κ1) is 47.7. The van der Waals surface area contributed by atoms with Crippen molar-refractivity contribution in [2.24, 2.45) is 22.7 Å². The molecule has 1 saturated heterocycles.